The Balaban J connectivity index is 2.21. The number of rotatable bonds is 21. The number of furan rings is 1. The van der Waals surface area contributed by atoms with Gasteiger partial charge in [0.15, 0.2) is 12.4 Å². The zero-order valence-corrected chi connectivity index (χ0v) is 25.8. The van der Waals surface area contributed by atoms with Gasteiger partial charge in [0.25, 0.3) is 11.8 Å². The monoisotopic (exact) mass is 662 g/mol. The molecule has 17 nitrogen and oxygen atoms in total. The molecule has 2 aromatic rings. The van der Waals surface area contributed by atoms with E-state index in [4.69, 9.17) is 19.4 Å². The Morgan fingerprint density at radius 3 is 2.28 bits per heavy atom. The van der Waals surface area contributed by atoms with Crippen LogP contribution < -0.4 is 20.7 Å². The van der Waals surface area contributed by atoms with Crippen LogP contribution in [-0.2, 0) is 24.0 Å². The summed E-state index contributed by atoms with van der Waals surface area (Å²) in [4.78, 5) is 83.2. The van der Waals surface area contributed by atoms with Gasteiger partial charge in [-0.3, -0.25) is 29.2 Å². The average Bonchev–Trinajstić information content (AvgIpc) is 3.53. The number of benzene rings is 1. The molecule has 2 rings (SSSR count). The number of hydrogen-bond donors (Lipinski definition) is 7. The van der Waals surface area contributed by atoms with Gasteiger partial charge in [0.2, 0.25) is 12.3 Å². The molecule has 0 fully saturated rings. The lowest BCUT2D eigenvalue weighted by atomic mass is 9.90. The molecule has 3 atom stereocenters. The number of carboxylic acids is 3. The van der Waals surface area contributed by atoms with Gasteiger partial charge in [-0.05, 0) is 43.2 Å². The molecule has 1 aromatic heterocycles. The third-order valence-electron chi connectivity index (χ3n) is 6.93. The summed E-state index contributed by atoms with van der Waals surface area (Å²) >= 11 is 0. The van der Waals surface area contributed by atoms with E-state index in [0.29, 0.717) is 24.3 Å². The number of ether oxygens (including phenoxy) is 1. The molecule has 47 heavy (non-hydrogen) atoms. The highest BCUT2D eigenvalue weighted by atomic mass is 16.5. The number of unbranched alkanes of at least 4 members (excludes halogenated alkanes) is 2. The van der Waals surface area contributed by atoms with Crippen molar-refractivity contribution >= 4 is 42.0 Å². The predicted octanol–water partition coefficient (Wildman–Crippen LogP) is 1.69. The summed E-state index contributed by atoms with van der Waals surface area (Å²) in [5.41, 5.74) is -0.0979. The highest BCUT2D eigenvalue weighted by Crippen LogP contribution is 2.28. The lowest BCUT2D eigenvalue weighted by Gasteiger charge is -2.29. The average molecular weight is 663 g/mol. The lowest BCUT2D eigenvalue weighted by Crippen LogP contribution is -2.47. The number of hydrogen-bond acceptors (Lipinski definition) is 10. The Morgan fingerprint density at radius 1 is 0.957 bits per heavy atom. The van der Waals surface area contributed by atoms with Crippen LogP contribution in [0.15, 0.2) is 34.7 Å². The molecule has 7 N–H and O–H groups in total. The largest absolute Gasteiger partial charge is 0.482 e. The molecule has 0 aliphatic heterocycles. The van der Waals surface area contributed by atoms with Gasteiger partial charge in [-0.25, -0.2) is 14.7 Å². The summed E-state index contributed by atoms with van der Waals surface area (Å²) in [5, 5.41) is 44.8. The van der Waals surface area contributed by atoms with E-state index >= 15 is 0 Å². The molecule has 256 valence electrons. The molecule has 0 spiro atoms. The fourth-order valence-electron chi connectivity index (χ4n) is 4.61. The Kier molecular flexibility index (Phi) is 14.9. The fraction of sp³-hybridized carbons (Fsp3) is 0.433. The minimum absolute atomic E-state index is 0.0213. The number of nitrogens with one attached hydrogen (secondary N) is 3. The van der Waals surface area contributed by atoms with Crippen LogP contribution in [0.1, 0.15) is 73.3 Å². The van der Waals surface area contributed by atoms with Crippen molar-refractivity contribution in [3.8, 4) is 17.1 Å². The smallest absolute Gasteiger partial charge is 0.341 e. The third-order valence-corrected chi connectivity index (χ3v) is 6.93. The summed E-state index contributed by atoms with van der Waals surface area (Å²) in [7, 11) is 0. The Morgan fingerprint density at radius 2 is 1.68 bits per heavy atom. The van der Waals surface area contributed by atoms with E-state index in [0.717, 1.165) is 18.9 Å². The van der Waals surface area contributed by atoms with Crippen molar-refractivity contribution in [3.05, 3.63) is 41.7 Å². The second-order valence-corrected chi connectivity index (χ2v) is 10.3. The molecule has 0 bridgehead atoms. The maximum absolute atomic E-state index is 13.0. The van der Waals surface area contributed by atoms with E-state index in [9.17, 15) is 43.9 Å². The van der Waals surface area contributed by atoms with Crippen LogP contribution in [0, 0.1) is 5.92 Å². The quantitative estimate of drug-likeness (QED) is 0.0330. The highest BCUT2D eigenvalue weighted by molar-refractivity contribution is 5.99. The molecule has 4 amide bonds. The Bertz CT molecular complexity index is 1440. The predicted molar refractivity (Wildman–Crippen MR) is 160 cm³/mol. The van der Waals surface area contributed by atoms with E-state index in [2.05, 4.69) is 16.0 Å². The zero-order chi connectivity index (χ0) is 35.1. The summed E-state index contributed by atoms with van der Waals surface area (Å²) in [6, 6.07) is 3.78. The van der Waals surface area contributed by atoms with Gasteiger partial charge in [-0.1, -0.05) is 33.1 Å². The van der Waals surface area contributed by atoms with Crippen molar-refractivity contribution in [2.24, 2.45) is 5.92 Å². The molecule has 1 heterocycles. The van der Waals surface area contributed by atoms with Gasteiger partial charge >= 0.3 is 17.9 Å². The van der Waals surface area contributed by atoms with Crippen molar-refractivity contribution in [2.45, 2.75) is 64.5 Å². The second-order valence-electron chi connectivity index (χ2n) is 10.3. The van der Waals surface area contributed by atoms with Crippen molar-refractivity contribution in [2.75, 3.05) is 13.3 Å². The summed E-state index contributed by atoms with van der Waals surface area (Å²) < 4.78 is 10.8. The van der Waals surface area contributed by atoms with E-state index in [1.165, 1.54) is 24.3 Å². The van der Waals surface area contributed by atoms with Gasteiger partial charge in [0.1, 0.15) is 17.6 Å². The molecule has 17 heteroatoms. The third kappa shape index (κ3) is 11.8. The van der Waals surface area contributed by atoms with Gasteiger partial charge in [0.05, 0.1) is 25.0 Å². The normalized spacial score (nSPS) is 12.6. The molecule has 0 aliphatic carbocycles. The van der Waals surface area contributed by atoms with Crippen LogP contribution in [-0.4, -0.2) is 93.0 Å². The summed E-state index contributed by atoms with van der Waals surface area (Å²) in [6.45, 7) is 2.61. The van der Waals surface area contributed by atoms with E-state index in [1.54, 1.807) is 6.92 Å². The van der Waals surface area contributed by atoms with Crippen molar-refractivity contribution < 1.29 is 63.2 Å². The maximum atomic E-state index is 13.0. The molecule has 0 saturated carbocycles. The lowest BCUT2D eigenvalue weighted by molar-refractivity contribution is -0.168. The first-order valence-corrected chi connectivity index (χ1v) is 14.6. The Labute approximate surface area is 268 Å². The van der Waals surface area contributed by atoms with Gasteiger partial charge in [-0.15, -0.1) is 0 Å². The first-order chi connectivity index (χ1) is 22.3. The number of amides is 4. The first kappa shape index (κ1) is 37.7. The number of carboxylic acid groups (broad SMARTS) is 3. The van der Waals surface area contributed by atoms with Crippen LogP contribution in [0.3, 0.4) is 0 Å². The second kappa shape index (κ2) is 18.5. The molecule has 0 aliphatic rings. The SMILES string of the molecule is CCCCC[C@@H](C(=O)NCNC(=O)c1ccc(-c2cc(OCC(=O)O)cc(C(=O)N[C@@H](CC(=O)O)C(=O)O)c2)o1)[C@@H](CC)N(O)C=O. The molecule has 0 saturated heterocycles. The first-order valence-electron chi connectivity index (χ1n) is 14.6. The Hall–Kier alpha value is -5.45. The van der Waals surface area contributed by atoms with E-state index in [-0.39, 0.29) is 41.5 Å². The summed E-state index contributed by atoms with van der Waals surface area (Å²) in [5.74, 6) is -7.65. The van der Waals surface area contributed by atoms with Crippen LogP contribution in [0.4, 0.5) is 0 Å². The number of carbonyl (C=O) groups excluding carboxylic acids is 4. The van der Waals surface area contributed by atoms with Crippen molar-refractivity contribution in [3.63, 3.8) is 0 Å². The van der Waals surface area contributed by atoms with Crippen LogP contribution >= 0.6 is 0 Å². The topological polar surface area (TPSA) is 262 Å². The minimum Gasteiger partial charge on any atom is -0.482 e. The number of nitrogens with zero attached hydrogens (tertiary/aromatic N) is 1. The molecule has 0 radical (unpaired) electrons. The maximum Gasteiger partial charge on any atom is 0.341 e. The van der Waals surface area contributed by atoms with Gasteiger partial charge < -0.3 is 40.4 Å². The van der Waals surface area contributed by atoms with Crippen LogP contribution in [0.2, 0.25) is 0 Å². The fourth-order valence-corrected chi connectivity index (χ4v) is 4.61. The minimum atomic E-state index is -1.77. The zero-order valence-electron chi connectivity index (χ0n) is 25.8. The van der Waals surface area contributed by atoms with Gasteiger partial charge in [0, 0.05) is 11.1 Å². The standard InChI is InChI=1S/C30H38N4O13/c1-3-5-6-7-20(22(4-2)34(45)16-35)28(41)31-15-32-29(42)24-9-8-23(47-24)17-10-18(12-19(11-17)46-14-26(38)39)27(40)33-21(30(43)44)13-25(36)37/h8-12,16,20-22,45H,3-7,13-15H2,1-2H3,(H,31,41)(H,32,42)(H,33,40)(H,36,37)(H,38,39)(H,43,44)/t20-,21+,22-/m1/s1. The number of carbonyl (C=O) groups is 7. The summed E-state index contributed by atoms with van der Waals surface area (Å²) in [6.07, 6.45) is 2.48. The van der Waals surface area contributed by atoms with Gasteiger partial charge in [-0.2, -0.15) is 0 Å². The molecular formula is C30H38N4O13. The highest BCUT2D eigenvalue weighted by Gasteiger charge is 2.31. The number of hydroxylamine groups is 2. The van der Waals surface area contributed by atoms with E-state index < -0.39 is 66.7 Å². The molecule has 0 unspecified atom stereocenters. The van der Waals surface area contributed by atoms with E-state index in [1.807, 2.05) is 6.92 Å². The van der Waals surface area contributed by atoms with Crippen molar-refractivity contribution in [1.82, 2.24) is 21.0 Å². The van der Waals surface area contributed by atoms with Crippen LogP contribution in [0.5, 0.6) is 5.75 Å². The van der Waals surface area contributed by atoms with Crippen molar-refractivity contribution in [1.29, 1.82) is 0 Å². The van der Waals surface area contributed by atoms with Crippen LogP contribution in [0.25, 0.3) is 11.3 Å². The number of aliphatic carboxylic acids is 3. The molecular weight excluding hydrogens is 624 g/mol. The molecule has 1 aromatic carbocycles.